The first kappa shape index (κ1) is 13.2. The summed E-state index contributed by atoms with van der Waals surface area (Å²) >= 11 is 1.65. The second-order valence-corrected chi connectivity index (χ2v) is 5.33. The molecule has 0 radical (unpaired) electrons. The van der Waals surface area contributed by atoms with Crippen LogP contribution in [0.15, 0.2) is 10.9 Å². The van der Waals surface area contributed by atoms with Crippen LogP contribution >= 0.6 is 11.3 Å². The SMILES string of the molecule is Cc1nn(C)c(C)c1C(C)NCCc1cscn1. The fraction of sp³-hybridized carbons (Fsp3) is 0.538. The molecule has 0 aromatic carbocycles. The Balaban J connectivity index is 1.93. The third-order valence-electron chi connectivity index (χ3n) is 3.31. The number of aryl methyl sites for hydroxylation is 2. The molecule has 2 aromatic rings. The molecule has 0 bridgehead atoms. The Morgan fingerprint density at radius 3 is 2.78 bits per heavy atom. The highest BCUT2D eigenvalue weighted by atomic mass is 32.1. The van der Waals surface area contributed by atoms with E-state index < -0.39 is 0 Å². The Kier molecular flexibility index (Phi) is 4.14. The van der Waals surface area contributed by atoms with Crippen LogP contribution in [0.3, 0.4) is 0 Å². The van der Waals surface area contributed by atoms with E-state index in [1.165, 1.54) is 17.0 Å². The monoisotopic (exact) mass is 264 g/mol. The van der Waals surface area contributed by atoms with Crippen molar-refractivity contribution in [2.45, 2.75) is 33.2 Å². The lowest BCUT2D eigenvalue weighted by molar-refractivity contribution is 0.569. The third-order valence-corrected chi connectivity index (χ3v) is 3.95. The van der Waals surface area contributed by atoms with Gasteiger partial charge in [-0.1, -0.05) is 0 Å². The summed E-state index contributed by atoms with van der Waals surface area (Å²) in [5, 5.41) is 10.1. The summed E-state index contributed by atoms with van der Waals surface area (Å²) in [6.07, 6.45) is 0.978. The normalized spacial score (nSPS) is 12.9. The average Bonchev–Trinajstić information content (AvgIpc) is 2.89. The van der Waals surface area contributed by atoms with E-state index in [0.29, 0.717) is 6.04 Å². The van der Waals surface area contributed by atoms with Gasteiger partial charge in [-0.05, 0) is 20.8 Å². The Labute approximate surface area is 112 Å². The summed E-state index contributed by atoms with van der Waals surface area (Å²) in [6, 6.07) is 0.331. The molecule has 0 saturated heterocycles. The first-order chi connectivity index (χ1) is 8.59. The number of hydrogen-bond acceptors (Lipinski definition) is 4. The first-order valence-electron chi connectivity index (χ1n) is 6.20. The molecule has 0 aliphatic rings. The van der Waals surface area contributed by atoms with E-state index >= 15 is 0 Å². The predicted molar refractivity (Wildman–Crippen MR) is 74.9 cm³/mol. The number of aromatic nitrogens is 3. The van der Waals surface area contributed by atoms with Crippen molar-refractivity contribution in [1.29, 1.82) is 0 Å². The van der Waals surface area contributed by atoms with E-state index in [1.54, 1.807) is 11.3 Å². The Morgan fingerprint density at radius 1 is 1.44 bits per heavy atom. The van der Waals surface area contributed by atoms with Gasteiger partial charge in [-0.15, -0.1) is 11.3 Å². The van der Waals surface area contributed by atoms with Crippen LogP contribution in [0.2, 0.25) is 0 Å². The molecule has 1 N–H and O–H groups in total. The van der Waals surface area contributed by atoms with Gasteiger partial charge >= 0.3 is 0 Å². The summed E-state index contributed by atoms with van der Waals surface area (Å²) in [7, 11) is 1.99. The average molecular weight is 264 g/mol. The maximum atomic E-state index is 4.46. The van der Waals surface area contributed by atoms with Gasteiger partial charge in [0.1, 0.15) is 0 Å². The molecular weight excluding hydrogens is 244 g/mol. The van der Waals surface area contributed by atoms with Gasteiger partial charge in [0.15, 0.2) is 0 Å². The van der Waals surface area contributed by atoms with Crippen LogP contribution in [-0.2, 0) is 13.5 Å². The molecule has 2 aromatic heterocycles. The fourth-order valence-electron chi connectivity index (χ4n) is 2.30. The lowest BCUT2D eigenvalue weighted by Crippen LogP contribution is -2.22. The molecule has 0 saturated carbocycles. The highest BCUT2D eigenvalue weighted by Gasteiger charge is 2.15. The van der Waals surface area contributed by atoms with E-state index in [4.69, 9.17) is 0 Å². The molecular formula is C13H20N4S. The molecule has 0 amide bonds. The number of nitrogens with zero attached hydrogens (tertiary/aromatic N) is 3. The molecule has 1 unspecified atom stereocenters. The summed E-state index contributed by atoms with van der Waals surface area (Å²) in [6.45, 7) is 7.33. The molecule has 18 heavy (non-hydrogen) atoms. The van der Waals surface area contributed by atoms with E-state index in [9.17, 15) is 0 Å². The van der Waals surface area contributed by atoms with Crippen molar-refractivity contribution in [2.75, 3.05) is 6.54 Å². The number of thiazole rings is 1. The van der Waals surface area contributed by atoms with Crippen molar-refractivity contribution in [1.82, 2.24) is 20.1 Å². The molecule has 0 fully saturated rings. The Hall–Kier alpha value is -1.20. The van der Waals surface area contributed by atoms with Gasteiger partial charge in [-0.2, -0.15) is 5.10 Å². The van der Waals surface area contributed by atoms with Crippen LogP contribution in [0.5, 0.6) is 0 Å². The first-order valence-corrected chi connectivity index (χ1v) is 7.14. The molecule has 0 aliphatic carbocycles. The van der Waals surface area contributed by atoms with E-state index in [0.717, 1.165) is 18.7 Å². The van der Waals surface area contributed by atoms with Crippen LogP contribution in [0.4, 0.5) is 0 Å². The van der Waals surface area contributed by atoms with Crippen molar-refractivity contribution in [3.05, 3.63) is 33.5 Å². The van der Waals surface area contributed by atoms with E-state index in [2.05, 4.69) is 41.6 Å². The summed E-state index contributed by atoms with van der Waals surface area (Å²) in [5.41, 5.74) is 6.72. The molecule has 4 nitrogen and oxygen atoms in total. The summed E-state index contributed by atoms with van der Waals surface area (Å²) < 4.78 is 1.95. The minimum atomic E-state index is 0.331. The van der Waals surface area contributed by atoms with Crippen LogP contribution in [-0.4, -0.2) is 21.3 Å². The minimum absolute atomic E-state index is 0.331. The molecule has 98 valence electrons. The molecule has 2 heterocycles. The van der Waals surface area contributed by atoms with Crippen molar-refractivity contribution < 1.29 is 0 Å². The van der Waals surface area contributed by atoms with Crippen molar-refractivity contribution in [2.24, 2.45) is 7.05 Å². The zero-order valence-electron chi connectivity index (χ0n) is 11.4. The van der Waals surface area contributed by atoms with Gasteiger partial charge in [-0.3, -0.25) is 4.68 Å². The van der Waals surface area contributed by atoms with Crippen molar-refractivity contribution >= 4 is 11.3 Å². The number of nitrogens with one attached hydrogen (secondary N) is 1. The molecule has 0 aliphatic heterocycles. The second-order valence-electron chi connectivity index (χ2n) is 4.61. The third kappa shape index (κ3) is 2.79. The van der Waals surface area contributed by atoms with Crippen molar-refractivity contribution in [3.63, 3.8) is 0 Å². The maximum Gasteiger partial charge on any atom is 0.0794 e. The number of rotatable bonds is 5. The van der Waals surface area contributed by atoms with Crippen LogP contribution in [0, 0.1) is 13.8 Å². The van der Waals surface area contributed by atoms with E-state index in [-0.39, 0.29) is 0 Å². The van der Waals surface area contributed by atoms with E-state index in [1.807, 2.05) is 17.2 Å². The quantitative estimate of drug-likeness (QED) is 0.901. The Bertz CT molecular complexity index is 501. The minimum Gasteiger partial charge on any atom is -0.310 e. The van der Waals surface area contributed by atoms with Gasteiger partial charge in [0, 0.05) is 42.7 Å². The number of hydrogen-bond donors (Lipinski definition) is 1. The molecule has 2 rings (SSSR count). The highest BCUT2D eigenvalue weighted by molar-refractivity contribution is 7.07. The highest BCUT2D eigenvalue weighted by Crippen LogP contribution is 2.20. The van der Waals surface area contributed by atoms with Gasteiger partial charge < -0.3 is 5.32 Å². The lowest BCUT2D eigenvalue weighted by atomic mass is 10.1. The van der Waals surface area contributed by atoms with Gasteiger partial charge in [-0.25, -0.2) is 4.98 Å². The van der Waals surface area contributed by atoms with Crippen molar-refractivity contribution in [3.8, 4) is 0 Å². The largest absolute Gasteiger partial charge is 0.310 e. The summed E-state index contributed by atoms with van der Waals surface area (Å²) in [4.78, 5) is 4.29. The lowest BCUT2D eigenvalue weighted by Gasteiger charge is -2.14. The fourth-order valence-corrected chi connectivity index (χ4v) is 2.89. The van der Waals surface area contributed by atoms with Crippen LogP contribution < -0.4 is 5.32 Å². The van der Waals surface area contributed by atoms with Crippen LogP contribution in [0.1, 0.15) is 35.6 Å². The second kappa shape index (κ2) is 5.63. The molecule has 1 atom stereocenters. The van der Waals surface area contributed by atoms with Gasteiger partial charge in [0.2, 0.25) is 0 Å². The summed E-state index contributed by atoms with van der Waals surface area (Å²) in [5.74, 6) is 0. The van der Waals surface area contributed by atoms with Crippen LogP contribution in [0.25, 0.3) is 0 Å². The molecule has 0 spiro atoms. The zero-order valence-corrected chi connectivity index (χ0v) is 12.2. The smallest absolute Gasteiger partial charge is 0.0794 e. The predicted octanol–water partition coefficient (Wildman–Crippen LogP) is 2.39. The van der Waals surface area contributed by atoms with Gasteiger partial charge in [0.05, 0.1) is 16.9 Å². The topological polar surface area (TPSA) is 42.7 Å². The zero-order chi connectivity index (χ0) is 13.1. The standard InChI is InChI=1S/C13H20N4S/c1-9(13-10(2)16-17(4)11(13)3)14-6-5-12-7-18-8-15-12/h7-9,14H,5-6H2,1-4H3. The molecule has 5 heteroatoms. The Morgan fingerprint density at radius 2 is 2.22 bits per heavy atom. The van der Waals surface area contributed by atoms with Gasteiger partial charge in [0.25, 0.3) is 0 Å². The maximum absolute atomic E-state index is 4.46.